The summed E-state index contributed by atoms with van der Waals surface area (Å²) in [7, 11) is 0. The SMILES string of the molecule is Nc1ccc(C(=O)NCC(=O)N2CCC[C@@H]2CO)cc1. The Labute approximate surface area is 117 Å². The van der Waals surface area contributed by atoms with Gasteiger partial charge in [-0.05, 0) is 37.1 Å². The lowest BCUT2D eigenvalue weighted by Crippen LogP contribution is -2.43. The van der Waals surface area contributed by atoms with E-state index in [0.29, 0.717) is 17.8 Å². The van der Waals surface area contributed by atoms with Crippen LogP contribution in [0.2, 0.25) is 0 Å². The van der Waals surface area contributed by atoms with Gasteiger partial charge in [0.2, 0.25) is 5.91 Å². The lowest BCUT2D eigenvalue weighted by Gasteiger charge is -2.23. The largest absolute Gasteiger partial charge is 0.399 e. The first-order valence-corrected chi connectivity index (χ1v) is 6.66. The Bertz CT molecular complexity index is 487. The summed E-state index contributed by atoms with van der Waals surface area (Å²) in [5, 5.41) is 11.8. The number of likely N-dealkylation sites (tertiary alicyclic amines) is 1. The number of hydrogen-bond donors (Lipinski definition) is 3. The van der Waals surface area contributed by atoms with Crippen LogP contribution in [0.1, 0.15) is 23.2 Å². The van der Waals surface area contributed by atoms with Crippen molar-refractivity contribution < 1.29 is 14.7 Å². The fourth-order valence-corrected chi connectivity index (χ4v) is 2.35. The number of nitrogen functional groups attached to an aromatic ring is 1. The Hall–Kier alpha value is -2.08. The van der Waals surface area contributed by atoms with Crippen molar-refractivity contribution >= 4 is 17.5 Å². The zero-order valence-corrected chi connectivity index (χ0v) is 11.2. The first kappa shape index (κ1) is 14.3. The molecule has 1 aliphatic rings. The van der Waals surface area contributed by atoms with Crippen LogP contribution in [0.15, 0.2) is 24.3 Å². The van der Waals surface area contributed by atoms with E-state index < -0.39 is 0 Å². The minimum absolute atomic E-state index is 0.0301. The highest BCUT2D eigenvalue weighted by molar-refractivity contribution is 5.96. The summed E-state index contributed by atoms with van der Waals surface area (Å²) in [6, 6.07) is 6.39. The predicted octanol–water partition coefficient (Wildman–Crippen LogP) is -0.0181. The lowest BCUT2D eigenvalue weighted by atomic mass is 10.2. The molecule has 1 atom stereocenters. The molecule has 0 spiro atoms. The van der Waals surface area contributed by atoms with Crippen molar-refractivity contribution in [3.63, 3.8) is 0 Å². The standard InChI is InChI=1S/C14H19N3O3/c15-11-5-3-10(4-6-11)14(20)16-8-13(19)17-7-1-2-12(17)9-18/h3-6,12,18H,1-2,7-9,15H2,(H,16,20)/t12-/m1/s1. The van der Waals surface area contributed by atoms with E-state index in [1.54, 1.807) is 29.2 Å². The normalized spacial score (nSPS) is 18.1. The summed E-state index contributed by atoms with van der Waals surface area (Å²) in [6.07, 6.45) is 1.71. The molecule has 1 fully saturated rings. The maximum atomic E-state index is 12.0. The molecule has 1 saturated heterocycles. The minimum atomic E-state index is -0.307. The van der Waals surface area contributed by atoms with Gasteiger partial charge in [-0.2, -0.15) is 0 Å². The molecule has 0 unspecified atom stereocenters. The smallest absolute Gasteiger partial charge is 0.251 e. The maximum absolute atomic E-state index is 12.0. The van der Waals surface area contributed by atoms with Crippen molar-refractivity contribution in [2.24, 2.45) is 0 Å². The fraction of sp³-hybridized carbons (Fsp3) is 0.429. The second kappa shape index (κ2) is 6.38. The number of nitrogens with two attached hydrogens (primary N) is 1. The average molecular weight is 277 g/mol. The van der Waals surface area contributed by atoms with Crippen LogP contribution >= 0.6 is 0 Å². The van der Waals surface area contributed by atoms with E-state index in [4.69, 9.17) is 5.73 Å². The summed E-state index contributed by atoms with van der Waals surface area (Å²) in [4.78, 5) is 25.5. The number of nitrogens with one attached hydrogen (secondary N) is 1. The number of nitrogens with zero attached hydrogens (tertiary/aromatic N) is 1. The van der Waals surface area contributed by atoms with Crippen molar-refractivity contribution in [1.82, 2.24) is 10.2 Å². The summed E-state index contributed by atoms with van der Waals surface area (Å²) in [6.45, 7) is 0.555. The van der Waals surface area contributed by atoms with Gasteiger partial charge in [0.1, 0.15) is 0 Å². The maximum Gasteiger partial charge on any atom is 0.251 e. The van der Waals surface area contributed by atoms with Gasteiger partial charge in [0.05, 0.1) is 19.2 Å². The van der Waals surface area contributed by atoms with Crippen LogP contribution in [0.3, 0.4) is 0 Å². The Morgan fingerprint density at radius 1 is 1.35 bits per heavy atom. The molecule has 6 nitrogen and oxygen atoms in total. The van der Waals surface area contributed by atoms with Gasteiger partial charge in [-0.15, -0.1) is 0 Å². The minimum Gasteiger partial charge on any atom is -0.399 e. The second-order valence-electron chi connectivity index (χ2n) is 4.87. The van der Waals surface area contributed by atoms with E-state index in [1.165, 1.54) is 0 Å². The quantitative estimate of drug-likeness (QED) is 0.674. The van der Waals surface area contributed by atoms with Gasteiger partial charge in [-0.25, -0.2) is 0 Å². The first-order chi connectivity index (χ1) is 9.61. The van der Waals surface area contributed by atoms with Crippen molar-refractivity contribution in [1.29, 1.82) is 0 Å². The van der Waals surface area contributed by atoms with Gasteiger partial charge in [0, 0.05) is 17.8 Å². The number of carbonyl (C=O) groups excluding carboxylic acids is 2. The zero-order chi connectivity index (χ0) is 14.5. The van der Waals surface area contributed by atoms with Crippen molar-refractivity contribution in [3.05, 3.63) is 29.8 Å². The van der Waals surface area contributed by atoms with E-state index in [1.807, 2.05) is 0 Å². The summed E-state index contributed by atoms with van der Waals surface area (Å²) in [5.74, 6) is -0.469. The highest BCUT2D eigenvalue weighted by Gasteiger charge is 2.27. The monoisotopic (exact) mass is 277 g/mol. The van der Waals surface area contributed by atoms with Gasteiger partial charge in [0.15, 0.2) is 0 Å². The Morgan fingerprint density at radius 2 is 2.05 bits per heavy atom. The van der Waals surface area contributed by atoms with E-state index in [-0.39, 0.29) is 31.0 Å². The molecule has 20 heavy (non-hydrogen) atoms. The van der Waals surface area contributed by atoms with Crippen LogP contribution in [0.5, 0.6) is 0 Å². The van der Waals surface area contributed by atoms with E-state index >= 15 is 0 Å². The Kier molecular flexibility index (Phi) is 4.57. The van der Waals surface area contributed by atoms with Crippen LogP contribution in [-0.2, 0) is 4.79 Å². The Balaban J connectivity index is 1.87. The van der Waals surface area contributed by atoms with Crippen molar-refractivity contribution in [2.75, 3.05) is 25.4 Å². The van der Waals surface area contributed by atoms with Gasteiger partial charge in [-0.3, -0.25) is 9.59 Å². The van der Waals surface area contributed by atoms with Gasteiger partial charge >= 0.3 is 0 Å². The molecule has 0 bridgehead atoms. The average Bonchev–Trinajstić information content (AvgIpc) is 2.93. The number of carbonyl (C=O) groups is 2. The molecule has 4 N–H and O–H groups in total. The highest BCUT2D eigenvalue weighted by atomic mass is 16.3. The number of aliphatic hydroxyl groups excluding tert-OH is 1. The molecular formula is C14H19N3O3. The number of aliphatic hydroxyl groups is 1. The van der Waals surface area contributed by atoms with Crippen molar-refractivity contribution in [2.45, 2.75) is 18.9 Å². The summed E-state index contributed by atoms with van der Waals surface area (Å²) >= 11 is 0. The second-order valence-corrected chi connectivity index (χ2v) is 4.87. The molecule has 108 valence electrons. The third kappa shape index (κ3) is 3.27. The summed E-state index contributed by atoms with van der Waals surface area (Å²) in [5.41, 5.74) is 6.59. The molecule has 1 aromatic carbocycles. The van der Waals surface area contributed by atoms with Crippen LogP contribution < -0.4 is 11.1 Å². The molecule has 0 radical (unpaired) electrons. The molecule has 1 heterocycles. The molecule has 2 rings (SSSR count). The third-order valence-corrected chi connectivity index (χ3v) is 3.48. The van der Waals surface area contributed by atoms with Crippen LogP contribution in [0.25, 0.3) is 0 Å². The molecule has 1 aliphatic heterocycles. The molecule has 0 aliphatic carbocycles. The zero-order valence-electron chi connectivity index (χ0n) is 11.2. The van der Waals surface area contributed by atoms with E-state index in [2.05, 4.69) is 5.32 Å². The lowest BCUT2D eigenvalue weighted by molar-refractivity contribution is -0.131. The van der Waals surface area contributed by atoms with Crippen molar-refractivity contribution in [3.8, 4) is 0 Å². The molecular weight excluding hydrogens is 258 g/mol. The Morgan fingerprint density at radius 3 is 2.70 bits per heavy atom. The molecule has 6 heteroatoms. The molecule has 1 aromatic rings. The number of benzene rings is 1. The highest BCUT2D eigenvalue weighted by Crippen LogP contribution is 2.16. The van der Waals surface area contributed by atoms with E-state index in [9.17, 15) is 14.7 Å². The number of hydrogen-bond acceptors (Lipinski definition) is 4. The topological polar surface area (TPSA) is 95.7 Å². The van der Waals surface area contributed by atoms with Crippen LogP contribution in [0.4, 0.5) is 5.69 Å². The third-order valence-electron chi connectivity index (χ3n) is 3.48. The summed E-state index contributed by atoms with van der Waals surface area (Å²) < 4.78 is 0. The molecule has 0 saturated carbocycles. The fourth-order valence-electron chi connectivity index (χ4n) is 2.35. The number of anilines is 1. The van der Waals surface area contributed by atoms with Crippen LogP contribution in [-0.4, -0.2) is 47.6 Å². The predicted molar refractivity (Wildman–Crippen MR) is 75.0 cm³/mol. The van der Waals surface area contributed by atoms with E-state index in [0.717, 1.165) is 12.8 Å². The van der Waals surface area contributed by atoms with Gasteiger partial charge < -0.3 is 21.1 Å². The number of rotatable bonds is 4. The molecule has 0 aromatic heterocycles. The van der Waals surface area contributed by atoms with Gasteiger partial charge in [0.25, 0.3) is 5.91 Å². The molecule has 2 amide bonds. The number of amides is 2. The van der Waals surface area contributed by atoms with Gasteiger partial charge in [-0.1, -0.05) is 0 Å². The first-order valence-electron chi connectivity index (χ1n) is 6.66. The van der Waals surface area contributed by atoms with Crippen LogP contribution in [0, 0.1) is 0 Å².